The molecular formula is C23H27FN2O2Si. The van der Waals surface area contributed by atoms with Crippen molar-refractivity contribution in [3.05, 3.63) is 58.7 Å². The van der Waals surface area contributed by atoms with Crippen molar-refractivity contribution < 1.29 is 14.3 Å². The van der Waals surface area contributed by atoms with Crippen LogP contribution in [0.5, 0.6) is 0 Å². The van der Waals surface area contributed by atoms with Crippen molar-refractivity contribution in [2.45, 2.75) is 63.6 Å². The molecule has 0 aromatic heterocycles. The van der Waals surface area contributed by atoms with Crippen molar-refractivity contribution in [1.29, 1.82) is 0 Å². The number of allylic oxidation sites excluding steroid dienone is 2. The lowest BCUT2D eigenvalue weighted by Gasteiger charge is -2.35. The first-order chi connectivity index (χ1) is 13.7. The Morgan fingerprint density at radius 2 is 2.03 bits per heavy atom. The van der Waals surface area contributed by atoms with E-state index in [-0.39, 0.29) is 23.4 Å². The molecule has 3 atom stereocenters. The summed E-state index contributed by atoms with van der Waals surface area (Å²) in [6, 6.07) is 4.82. The SMILES string of the molecule is C[Si](C)(C)C#Cc1cc(C(=O)C2=C3N[C@@H]4CCCC[C@@H]4N3C(O)C=C2)ccc1F. The average molecular weight is 411 g/mol. The second-order valence-corrected chi connectivity index (χ2v) is 13.8. The van der Waals surface area contributed by atoms with Crippen molar-refractivity contribution in [3.63, 3.8) is 0 Å². The van der Waals surface area contributed by atoms with E-state index in [1.54, 1.807) is 18.2 Å². The maximum atomic E-state index is 14.2. The van der Waals surface area contributed by atoms with Gasteiger partial charge in [-0.1, -0.05) is 38.4 Å². The van der Waals surface area contributed by atoms with Crippen LogP contribution in [0.4, 0.5) is 4.39 Å². The van der Waals surface area contributed by atoms with E-state index in [0.717, 1.165) is 25.7 Å². The van der Waals surface area contributed by atoms with Gasteiger partial charge in [0.2, 0.25) is 0 Å². The van der Waals surface area contributed by atoms with Gasteiger partial charge < -0.3 is 15.3 Å². The molecule has 0 amide bonds. The molecule has 1 aliphatic carbocycles. The summed E-state index contributed by atoms with van der Waals surface area (Å²) >= 11 is 0. The topological polar surface area (TPSA) is 52.6 Å². The molecule has 2 aliphatic heterocycles. The Morgan fingerprint density at radius 1 is 1.28 bits per heavy atom. The van der Waals surface area contributed by atoms with Crippen molar-refractivity contribution in [1.82, 2.24) is 10.2 Å². The normalized spacial score (nSPS) is 25.7. The lowest BCUT2D eigenvalue weighted by atomic mass is 9.90. The van der Waals surface area contributed by atoms with Gasteiger partial charge in [0.15, 0.2) is 5.78 Å². The molecule has 4 nitrogen and oxygen atoms in total. The molecule has 6 heteroatoms. The number of hydrogen-bond acceptors (Lipinski definition) is 4. The minimum Gasteiger partial charge on any atom is -0.370 e. The molecule has 0 radical (unpaired) electrons. The van der Waals surface area contributed by atoms with Crippen molar-refractivity contribution in [3.8, 4) is 11.5 Å². The fourth-order valence-corrected chi connectivity index (χ4v) is 4.79. The largest absolute Gasteiger partial charge is 0.370 e. The van der Waals surface area contributed by atoms with Crippen LogP contribution >= 0.6 is 0 Å². The molecule has 0 bridgehead atoms. The zero-order valence-electron chi connectivity index (χ0n) is 17.1. The molecule has 2 heterocycles. The van der Waals surface area contributed by atoms with Gasteiger partial charge in [-0.15, -0.1) is 5.54 Å². The predicted molar refractivity (Wildman–Crippen MR) is 114 cm³/mol. The fraction of sp³-hybridized carbons (Fsp3) is 0.435. The predicted octanol–water partition coefficient (Wildman–Crippen LogP) is 3.55. The molecule has 1 saturated carbocycles. The van der Waals surface area contributed by atoms with Gasteiger partial charge in [0, 0.05) is 11.6 Å². The Labute approximate surface area is 172 Å². The molecular weight excluding hydrogens is 383 g/mol. The number of benzene rings is 1. The molecule has 4 rings (SSSR count). The lowest BCUT2D eigenvalue weighted by molar-refractivity contribution is 0.0385. The number of aliphatic hydroxyl groups is 1. The Bertz CT molecular complexity index is 967. The summed E-state index contributed by atoms with van der Waals surface area (Å²) in [6.45, 7) is 6.28. The molecule has 152 valence electrons. The summed E-state index contributed by atoms with van der Waals surface area (Å²) < 4.78 is 14.2. The number of Topliss-reactive ketones (excluding diaryl/α,β-unsaturated/α-hetero) is 1. The van der Waals surface area contributed by atoms with Crippen molar-refractivity contribution in [2.24, 2.45) is 0 Å². The van der Waals surface area contributed by atoms with Gasteiger partial charge >= 0.3 is 0 Å². The summed E-state index contributed by atoms with van der Waals surface area (Å²) in [6.07, 6.45) is 6.92. The highest BCUT2D eigenvalue weighted by Gasteiger charge is 2.43. The monoisotopic (exact) mass is 410 g/mol. The van der Waals surface area contributed by atoms with Crippen LogP contribution in [0.25, 0.3) is 0 Å². The number of ketones is 1. The Kier molecular flexibility index (Phi) is 5.14. The first kappa shape index (κ1) is 19.9. The van der Waals surface area contributed by atoms with Gasteiger partial charge in [-0.25, -0.2) is 4.39 Å². The van der Waals surface area contributed by atoms with Gasteiger partial charge in [0.05, 0.1) is 17.2 Å². The third-order valence-electron chi connectivity index (χ3n) is 5.69. The molecule has 2 fully saturated rings. The summed E-state index contributed by atoms with van der Waals surface area (Å²) in [5, 5.41) is 14.0. The minimum absolute atomic E-state index is 0.185. The highest BCUT2D eigenvalue weighted by atomic mass is 28.3. The highest BCUT2D eigenvalue weighted by Crippen LogP contribution is 2.36. The molecule has 1 aromatic rings. The van der Waals surface area contributed by atoms with E-state index in [9.17, 15) is 14.3 Å². The molecule has 3 aliphatic rings. The van der Waals surface area contributed by atoms with Gasteiger partial charge in [-0.05, 0) is 43.2 Å². The van der Waals surface area contributed by atoms with E-state index in [1.807, 2.05) is 4.90 Å². The van der Waals surface area contributed by atoms with Gasteiger partial charge in [-0.3, -0.25) is 4.79 Å². The van der Waals surface area contributed by atoms with E-state index in [0.29, 0.717) is 17.0 Å². The number of aliphatic hydroxyl groups excluding tert-OH is 1. The molecule has 0 spiro atoms. The third-order valence-corrected chi connectivity index (χ3v) is 6.56. The second kappa shape index (κ2) is 7.47. The summed E-state index contributed by atoms with van der Waals surface area (Å²) in [5.74, 6) is 3.03. The number of halogens is 1. The van der Waals surface area contributed by atoms with Gasteiger partial charge in [0.25, 0.3) is 0 Å². The zero-order chi connectivity index (χ0) is 20.8. The standard InChI is InChI=1S/C23H27FN2O2Si/c1-29(2,3)13-12-15-14-16(8-10-18(15)24)22(28)17-9-11-21(27)26-20-7-5-4-6-19(20)25-23(17)26/h8-11,14,19-21,25,27H,4-7H2,1-3H3/t19-,20+,21?/m1/s1. The quantitative estimate of drug-likeness (QED) is 0.445. The maximum absolute atomic E-state index is 14.2. The van der Waals surface area contributed by atoms with Crippen LogP contribution in [0.3, 0.4) is 0 Å². The van der Waals surface area contributed by atoms with Crippen LogP contribution in [0.1, 0.15) is 41.6 Å². The number of carbonyl (C=O) groups is 1. The first-order valence-corrected chi connectivity index (χ1v) is 13.8. The fourth-order valence-electron chi connectivity index (χ4n) is 4.28. The molecule has 2 N–H and O–H groups in total. The number of nitrogens with zero attached hydrogens (tertiary/aromatic N) is 1. The van der Waals surface area contributed by atoms with Crippen LogP contribution in [-0.4, -0.2) is 42.2 Å². The summed E-state index contributed by atoms with van der Waals surface area (Å²) in [4.78, 5) is 15.2. The number of nitrogens with one attached hydrogen (secondary N) is 1. The molecule has 1 unspecified atom stereocenters. The first-order valence-electron chi connectivity index (χ1n) is 10.3. The van der Waals surface area contributed by atoms with Crippen LogP contribution in [0.15, 0.2) is 41.7 Å². The van der Waals surface area contributed by atoms with Crippen molar-refractivity contribution >= 4 is 13.9 Å². The van der Waals surface area contributed by atoms with Crippen LogP contribution in [-0.2, 0) is 0 Å². The van der Waals surface area contributed by atoms with E-state index in [2.05, 4.69) is 36.4 Å². The van der Waals surface area contributed by atoms with Crippen molar-refractivity contribution in [2.75, 3.05) is 0 Å². The Morgan fingerprint density at radius 3 is 2.79 bits per heavy atom. The number of fused-ring (bicyclic) bond motifs is 3. The van der Waals surface area contributed by atoms with Crippen LogP contribution < -0.4 is 5.32 Å². The average Bonchev–Trinajstić information content (AvgIpc) is 3.07. The van der Waals surface area contributed by atoms with E-state index >= 15 is 0 Å². The van der Waals surface area contributed by atoms with Crippen LogP contribution in [0, 0.1) is 17.3 Å². The zero-order valence-corrected chi connectivity index (χ0v) is 18.1. The molecule has 29 heavy (non-hydrogen) atoms. The lowest BCUT2D eigenvalue weighted by Crippen LogP contribution is -2.43. The summed E-state index contributed by atoms with van der Waals surface area (Å²) in [7, 11) is -1.66. The summed E-state index contributed by atoms with van der Waals surface area (Å²) in [5.41, 5.74) is 4.34. The Balaban J connectivity index is 1.70. The molecule has 1 aromatic carbocycles. The third kappa shape index (κ3) is 3.90. The highest BCUT2D eigenvalue weighted by molar-refractivity contribution is 6.83. The van der Waals surface area contributed by atoms with Crippen LogP contribution in [0.2, 0.25) is 19.6 Å². The molecule has 1 saturated heterocycles. The maximum Gasteiger partial charge on any atom is 0.196 e. The van der Waals surface area contributed by atoms with Gasteiger partial charge in [0.1, 0.15) is 25.9 Å². The number of rotatable bonds is 2. The van der Waals surface area contributed by atoms with E-state index < -0.39 is 20.1 Å². The number of carbonyl (C=O) groups excluding carboxylic acids is 1. The number of hydrogen-bond donors (Lipinski definition) is 2. The van der Waals surface area contributed by atoms with E-state index in [4.69, 9.17) is 0 Å². The van der Waals surface area contributed by atoms with E-state index in [1.165, 1.54) is 12.1 Å². The van der Waals surface area contributed by atoms with Gasteiger partial charge in [-0.2, -0.15) is 0 Å². The Hall–Kier alpha value is -2.36. The second-order valence-electron chi connectivity index (χ2n) is 9.07. The minimum atomic E-state index is -1.66. The smallest absolute Gasteiger partial charge is 0.196 e.